The molecule has 5 nitrogen and oxygen atoms in total. The summed E-state index contributed by atoms with van der Waals surface area (Å²) >= 11 is 21.6. The highest BCUT2D eigenvalue weighted by molar-refractivity contribution is 6.76. The summed E-state index contributed by atoms with van der Waals surface area (Å²) in [6.45, 7) is 0. The van der Waals surface area contributed by atoms with Crippen LogP contribution in [0.3, 0.4) is 0 Å². The summed E-state index contributed by atoms with van der Waals surface area (Å²) in [6, 6.07) is 3.67. The van der Waals surface area contributed by atoms with E-state index in [1.54, 1.807) is 0 Å². The van der Waals surface area contributed by atoms with E-state index in [0.29, 0.717) is 0 Å². The van der Waals surface area contributed by atoms with Crippen LogP contribution in [0.4, 0.5) is 11.4 Å². The number of benzene rings is 1. The zero-order valence-corrected chi connectivity index (χ0v) is 10.9. The molecule has 1 aromatic rings. The Labute approximate surface area is 116 Å². The Bertz CT molecular complexity index is 472. The van der Waals surface area contributed by atoms with Crippen LogP contribution in [0.1, 0.15) is 0 Å². The third-order valence-electron chi connectivity index (χ3n) is 1.66. The molecule has 0 saturated carbocycles. The maximum Gasteiger partial charge on any atom is 0.289 e. The van der Waals surface area contributed by atoms with E-state index < -0.39 is 14.6 Å². The molecule has 9 heteroatoms. The van der Waals surface area contributed by atoms with Crippen molar-refractivity contribution >= 4 is 63.7 Å². The minimum absolute atomic E-state index is 0.0538. The summed E-state index contributed by atoms with van der Waals surface area (Å²) in [5.41, 5.74) is -0.244. The van der Waals surface area contributed by atoms with E-state index in [1.165, 1.54) is 12.1 Å². The summed E-state index contributed by atoms with van der Waals surface area (Å²) in [5.74, 6) is -0.917. The van der Waals surface area contributed by atoms with Gasteiger partial charge in [-0.1, -0.05) is 46.4 Å². The smallest absolute Gasteiger partial charge is 0.289 e. The second kappa shape index (κ2) is 5.27. The molecule has 0 radical (unpaired) electrons. The molecule has 0 atom stereocenters. The molecule has 0 saturated heterocycles. The Morgan fingerprint density at radius 1 is 1.35 bits per heavy atom. The van der Waals surface area contributed by atoms with Gasteiger partial charge in [-0.25, -0.2) is 0 Å². The highest BCUT2D eigenvalue weighted by Gasteiger charge is 2.31. The summed E-state index contributed by atoms with van der Waals surface area (Å²) in [5, 5.41) is 12.7. The van der Waals surface area contributed by atoms with Crippen molar-refractivity contribution in [3.05, 3.63) is 33.3 Å². The molecule has 0 fully saturated rings. The molecule has 1 aromatic carbocycles. The molecule has 0 bridgehead atoms. The molecule has 0 aliphatic rings. The molecule has 1 amide bonds. The van der Waals surface area contributed by atoms with E-state index in [0.717, 1.165) is 6.07 Å². The fourth-order valence-electron chi connectivity index (χ4n) is 0.932. The van der Waals surface area contributed by atoms with Crippen molar-refractivity contribution in [3.8, 4) is 0 Å². The summed E-state index contributed by atoms with van der Waals surface area (Å²) in [7, 11) is 0. The van der Waals surface area contributed by atoms with Crippen LogP contribution >= 0.6 is 46.4 Å². The zero-order chi connectivity index (χ0) is 13.2. The minimum Gasteiger partial charge on any atom is -0.322 e. The molecule has 0 heterocycles. The highest BCUT2D eigenvalue weighted by atomic mass is 35.6. The molecular weight excluding hydrogens is 314 g/mol. The van der Waals surface area contributed by atoms with Crippen LogP contribution in [-0.4, -0.2) is 14.6 Å². The first-order valence-corrected chi connectivity index (χ1v) is 5.55. The first-order valence-electron chi connectivity index (χ1n) is 4.04. The highest BCUT2D eigenvalue weighted by Crippen LogP contribution is 2.30. The van der Waals surface area contributed by atoms with Gasteiger partial charge in [0.2, 0.25) is 0 Å². The lowest BCUT2D eigenvalue weighted by Crippen LogP contribution is -2.26. The number of hydrogen-bond donors (Lipinski definition) is 1. The monoisotopic (exact) mass is 316 g/mol. The van der Waals surface area contributed by atoms with E-state index in [-0.39, 0.29) is 16.4 Å². The van der Waals surface area contributed by atoms with Gasteiger partial charge < -0.3 is 5.32 Å². The van der Waals surface area contributed by atoms with Gasteiger partial charge in [-0.05, 0) is 12.1 Å². The van der Waals surface area contributed by atoms with Gasteiger partial charge in [0, 0.05) is 11.8 Å². The second-order valence-corrected chi connectivity index (χ2v) is 5.56. The third-order valence-corrected chi connectivity index (χ3v) is 2.49. The number of hydrogen-bond acceptors (Lipinski definition) is 3. The lowest BCUT2D eigenvalue weighted by atomic mass is 10.3. The Balaban J connectivity index is 2.98. The molecule has 0 aliphatic heterocycles. The van der Waals surface area contributed by atoms with Crippen molar-refractivity contribution in [3.63, 3.8) is 0 Å². The summed E-state index contributed by atoms with van der Waals surface area (Å²) < 4.78 is -2.14. The van der Waals surface area contributed by atoms with Gasteiger partial charge in [-0.2, -0.15) is 0 Å². The quantitative estimate of drug-likeness (QED) is 0.515. The number of nitrogens with one attached hydrogen (secondary N) is 1. The largest absolute Gasteiger partial charge is 0.322 e. The number of carbonyl (C=O) groups excluding carboxylic acids is 1. The number of rotatable bonds is 2. The molecule has 0 unspecified atom stereocenters. The number of amides is 1. The van der Waals surface area contributed by atoms with Crippen molar-refractivity contribution < 1.29 is 9.72 Å². The van der Waals surface area contributed by atoms with Crippen molar-refractivity contribution in [1.82, 2.24) is 0 Å². The zero-order valence-electron chi connectivity index (χ0n) is 7.92. The lowest BCUT2D eigenvalue weighted by molar-refractivity contribution is -0.384. The number of nitro groups is 1. The SMILES string of the molecule is O=C(Nc1ccc(Cl)c([N+](=O)[O-])c1)C(Cl)(Cl)Cl. The Morgan fingerprint density at radius 3 is 2.41 bits per heavy atom. The molecule has 1 N–H and O–H groups in total. The van der Waals surface area contributed by atoms with Crippen LogP contribution in [-0.2, 0) is 4.79 Å². The van der Waals surface area contributed by atoms with Crippen molar-refractivity contribution in [2.24, 2.45) is 0 Å². The van der Waals surface area contributed by atoms with Gasteiger partial charge in [-0.3, -0.25) is 14.9 Å². The van der Waals surface area contributed by atoms with Crippen LogP contribution in [0.15, 0.2) is 18.2 Å². The lowest BCUT2D eigenvalue weighted by Gasteiger charge is -2.11. The first kappa shape index (κ1) is 14.3. The molecule has 92 valence electrons. The van der Waals surface area contributed by atoms with Gasteiger partial charge in [0.25, 0.3) is 15.4 Å². The number of nitrogens with zero attached hydrogens (tertiary/aromatic N) is 1. The molecule has 1 rings (SSSR count). The van der Waals surface area contributed by atoms with Crippen LogP contribution in [0.2, 0.25) is 5.02 Å². The Morgan fingerprint density at radius 2 is 1.94 bits per heavy atom. The van der Waals surface area contributed by atoms with Crippen molar-refractivity contribution in [1.29, 1.82) is 0 Å². The number of nitro benzene ring substituents is 1. The predicted octanol–water partition coefficient (Wildman–Crippen LogP) is 3.56. The normalized spacial score (nSPS) is 11.1. The predicted molar refractivity (Wildman–Crippen MR) is 67.0 cm³/mol. The summed E-state index contributed by atoms with van der Waals surface area (Å²) in [4.78, 5) is 21.2. The molecule has 0 aliphatic carbocycles. The Hall–Kier alpha value is -0.750. The van der Waals surface area contributed by atoms with Crippen molar-refractivity contribution in [2.45, 2.75) is 3.79 Å². The van der Waals surface area contributed by atoms with Gasteiger partial charge in [0.1, 0.15) is 5.02 Å². The standard InChI is InChI=1S/C8H4Cl4N2O3/c9-5-2-1-4(3-6(5)14(16)17)13-7(15)8(10,11)12/h1-3H,(H,13,15). The van der Waals surface area contributed by atoms with Crippen LogP contribution < -0.4 is 5.32 Å². The number of alkyl halides is 3. The van der Waals surface area contributed by atoms with E-state index >= 15 is 0 Å². The molecule has 0 aromatic heterocycles. The van der Waals surface area contributed by atoms with Crippen molar-refractivity contribution in [2.75, 3.05) is 5.32 Å². The van der Waals surface area contributed by atoms with Gasteiger partial charge in [0.05, 0.1) is 4.92 Å². The molecule has 0 spiro atoms. The van der Waals surface area contributed by atoms with Crippen LogP contribution in [0, 0.1) is 10.1 Å². The number of carbonyl (C=O) groups is 1. The van der Waals surface area contributed by atoms with Gasteiger partial charge in [0.15, 0.2) is 0 Å². The molecule has 17 heavy (non-hydrogen) atoms. The van der Waals surface area contributed by atoms with E-state index in [9.17, 15) is 14.9 Å². The van der Waals surface area contributed by atoms with Crippen LogP contribution in [0.25, 0.3) is 0 Å². The second-order valence-electron chi connectivity index (χ2n) is 2.88. The first-order chi connectivity index (χ1) is 7.71. The minimum atomic E-state index is -2.14. The average molecular weight is 318 g/mol. The van der Waals surface area contributed by atoms with Gasteiger partial charge >= 0.3 is 0 Å². The maximum atomic E-state index is 11.3. The fraction of sp³-hybridized carbons (Fsp3) is 0.125. The Kier molecular flexibility index (Phi) is 4.43. The fourth-order valence-corrected chi connectivity index (χ4v) is 1.26. The maximum absolute atomic E-state index is 11.3. The number of anilines is 1. The number of halogens is 4. The summed E-state index contributed by atoms with van der Waals surface area (Å²) in [6.07, 6.45) is 0. The molecular formula is C8H4Cl4N2O3. The van der Waals surface area contributed by atoms with Crippen LogP contribution in [0.5, 0.6) is 0 Å². The van der Waals surface area contributed by atoms with E-state index in [4.69, 9.17) is 46.4 Å². The van der Waals surface area contributed by atoms with E-state index in [2.05, 4.69) is 5.32 Å². The van der Waals surface area contributed by atoms with Gasteiger partial charge in [-0.15, -0.1) is 0 Å². The third kappa shape index (κ3) is 3.89. The average Bonchev–Trinajstić information content (AvgIpc) is 2.19. The topological polar surface area (TPSA) is 72.2 Å². The van der Waals surface area contributed by atoms with E-state index in [1.807, 2.05) is 0 Å².